The first-order valence-corrected chi connectivity index (χ1v) is 14.2. The number of ether oxygens (including phenoxy) is 2. The molecule has 6 heteroatoms. The second-order valence-electron chi connectivity index (χ2n) is 12.6. The molecular weight excluding hydrogens is 452 g/mol. The lowest BCUT2D eigenvalue weighted by Gasteiger charge is -2.55. The third-order valence-electron chi connectivity index (χ3n) is 10.4. The van der Waals surface area contributed by atoms with Crippen molar-refractivity contribution in [3.8, 4) is 5.75 Å². The molecule has 7 fully saturated rings. The van der Waals surface area contributed by atoms with Gasteiger partial charge in [-0.3, -0.25) is 9.88 Å². The number of nitrogens with zero attached hydrogens (tertiary/aromatic N) is 2. The number of fused-ring (bicyclic) bond motifs is 4. The quantitative estimate of drug-likeness (QED) is 0.502. The van der Waals surface area contributed by atoms with Crippen LogP contribution >= 0.6 is 0 Å². The van der Waals surface area contributed by atoms with E-state index >= 15 is 0 Å². The van der Waals surface area contributed by atoms with Crippen LogP contribution in [0.1, 0.15) is 76.4 Å². The maximum absolute atomic E-state index is 13.6. The summed E-state index contributed by atoms with van der Waals surface area (Å²) in [6.07, 6.45) is 11.2. The van der Waals surface area contributed by atoms with Crippen molar-refractivity contribution < 1.29 is 19.4 Å². The Morgan fingerprint density at radius 2 is 1.89 bits per heavy atom. The Bertz CT molecular complexity index is 1130. The van der Waals surface area contributed by atoms with Crippen LogP contribution in [-0.4, -0.2) is 45.9 Å². The monoisotopic (exact) mass is 490 g/mol. The highest BCUT2D eigenvalue weighted by molar-refractivity contribution is 5.84. The van der Waals surface area contributed by atoms with Gasteiger partial charge >= 0.3 is 6.16 Å². The molecule has 6 nitrogen and oxygen atoms in total. The third kappa shape index (κ3) is 3.87. The van der Waals surface area contributed by atoms with Gasteiger partial charge in [0.2, 0.25) is 0 Å². The maximum Gasteiger partial charge on any atom is 0.509 e. The molecule has 1 aromatic heterocycles. The number of aromatic hydroxyl groups is 1. The van der Waals surface area contributed by atoms with E-state index in [9.17, 15) is 9.90 Å². The summed E-state index contributed by atoms with van der Waals surface area (Å²) >= 11 is 0. The van der Waals surface area contributed by atoms with E-state index in [4.69, 9.17) is 9.47 Å². The number of rotatable bonds is 5. The van der Waals surface area contributed by atoms with Crippen molar-refractivity contribution >= 4 is 17.1 Å². The lowest BCUT2D eigenvalue weighted by molar-refractivity contribution is -0.153. The minimum Gasteiger partial charge on any atom is -0.508 e. The van der Waals surface area contributed by atoms with Crippen LogP contribution in [0.2, 0.25) is 0 Å². The zero-order valence-electron chi connectivity index (χ0n) is 21.3. The summed E-state index contributed by atoms with van der Waals surface area (Å²) in [5.41, 5.74) is 1.40. The van der Waals surface area contributed by atoms with E-state index < -0.39 is 12.3 Å². The van der Waals surface area contributed by atoms with Gasteiger partial charge in [0.15, 0.2) is 0 Å². The molecule has 5 atom stereocenters. The summed E-state index contributed by atoms with van der Waals surface area (Å²) in [5, 5.41) is 11.1. The van der Waals surface area contributed by atoms with Crippen molar-refractivity contribution in [3.05, 3.63) is 36.0 Å². The van der Waals surface area contributed by atoms with Crippen molar-refractivity contribution in [2.24, 2.45) is 29.6 Å². The first kappa shape index (κ1) is 22.8. The molecule has 6 bridgehead atoms. The fourth-order valence-electron chi connectivity index (χ4n) is 9.17. The first-order chi connectivity index (χ1) is 17.5. The first-order valence-electron chi connectivity index (χ1n) is 14.2. The highest BCUT2D eigenvalue weighted by atomic mass is 16.7. The van der Waals surface area contributed by atoms with Gasteiger partial charge in [0, 0.05) is 23.7 Å². The molecule has 7 aliphatic rings. The van der Waals surface area contributed by atoms with Crippen LogP contribution in [0.5, 0.6) is 5.75 Å². The number of benzene rings is 1. The van der Waals surface area contributed by atoms with Gasteiger partial charge in [0.25, 0.3) is 0 Å². The van der Waals surface area contributed by atoms with Crippen LogP contribution in [0.15, 0.2) is 30.5 Å². The van der Waals surface area contributed by atoms with Crippen molar-refractivity contribution in [2.75, 3.05) is 13.1 Å². The molecule has 4 aliphatic carbocycles. The lowest BCUT2D eigenvalue weighted by atomic mass is 9.54. The molecule has 4 heterocycles. The molecule has 2 aromatic rings. The summed E-state index contributed by atoms with van der Waals surface area (Å²) in [7, 11) is 0. The normalized spacial score (nSPS) is 39.3. The van der Waals surface area contributed by atoms with Crippen LogP contribution in [-0.2, 0) is 9.47 Å². The predicted octanol–water partition coefficient (Wildman–Crippen LogP) is 6.22. The summed E-state index contributed by atoms with van der Waals surface area (Å²) in [4.78, 5) is 20.6. The van der Waals surface area contributed by atoms with E-state index in [0.717, 1.165) is 55.2 Å². The number of hydrogen-bond donors (Lipinski definition) is 1. The van der Waals surface area contributed by atoms with Crippen LogP contribution in [0, 0.1) is 29.6 Å². The van der Waals surface area contributed by atoms with Crippen LogP contribution in [0.3, 0.4) is 0 Å². The second-order valence-corrected chi connectivity index (χ2v) is 12.6. The standard InChI is InChI=1S/C30H38N2O4/c1-2-21-17-32-8-6-22(21)12-27(32)28(24-5-7-31-26-4-3-23(33)13-25(24)26)35-29(34)36-30-14-18-9-19(15-30)11-20(10-18)16-30/h3-5,7,13,18-22,27-28,33H,2,6,8-12,14-17H2,1H3/t18?,19?,20?,21-,22-,27-,28+,30?/m0/s1. The summed E-state index contributed by atoms with van der Waals surface area (Å²) < 4.78 is 12.7. The average molecular weight is 491 g/mol. The average Bonchev–Trinajstić information content (AvgIpc) is 2.86. The molecule has 36 heavy (non-hydrogen) atoms. The third-order valence-corrected chi connectivity index (χ3v) is 10.4. The van der Waals surface area contributed by atoms with Gasteiger partial charge in [-0.05, 0) is 112 Å². The minimum atomic E-state index is -0.512. The van der Waals surface area contributed by atoms with Crippen molar-refractivity contribution in [2.45, 2.75) is 82.5 Å². The highest BCUT2D eigenvalue weighted by Crippen LogP contribution is 2.57. The zero-order chi connectivity index (χ0) is 24.4. The molecule has 1 aromatic carbocycles. The molecule has 0 radical (unpaired) electrons. The van der Waals surface area contributed by atoms with Gasteiger partial charge in [-0.25, -0.2) is 4.79 Å². The van der Waals surface area contributed by atoms with Crippen LogP contribution in [0.25, 0.3) is 10.9 Å². The van der Waals surface area contributed by atoms with Crippen molar-refractivity contribution in [3.63, 3.8) is 0 Å². The van der Waals surface area contributed by atoms with E-state index in [1.807, 2.05) is 12.1 Å². The van der Waals surface area contributed by atoms with E-state index in [2.05, 4.69) is 16.8 Å². The number of aromatic nitrogens is 1. The largest absolute Gasteiger partial charge is 0.509 e. The number of carbonyl (C=O) groups is 1. The Balaban J connectivity index is 1.20. The van der Waals surface area contributed by atoms with E-state index in [-0.39, 0.29) is 17.4 Å². The summed E-state index contributed by atoms with van der Waals surface area (Å²) in [6.45, 7) is 4.39. The van der Waals surface area contributed by atoms with E-state index in [1.54, 1.807) is 18.3 Å². The Morgan fingerprint density at radius 1 is 1.14 bits per heavy atom. The van der Waals surface area contributed by atoms with Crippen molar-refractivity contribution in [1.82, 2.24) is 9.88 Å². The predicted molar refractivity (Wildman–Crippen MR) is 136 cm³/mol. The number of carbonyl (C=O) groups excluding carboxylic acids is 1. The Kier molecular flexibility index (Phi) is 5.46. The molecular formula is C30H38N2O4. The van der Waals surface area contributed by atoms with Gasteiger partial charge in [-0.15, -0.1) is 0 Å². The number of phenols is 1. The second kappa shape index (κ2) is 8.61. The molecule has 0 amide bonds. The number of phenolic OH excluding ortho intramolecular Hbond substituents is 1. The topological polar surface area (TPSA) is 71.9 Å². The lowest BCUT2D eigenvalue weighted by Crippen LogP contribution is -2.56. The van der Waals surface area contributed by atoms with Crippen molar-refractivity contribution in [1.29, 1.82) is 0 Å². The highest BCUT2D eigenvalue weighted by Gasteiger charge is 2.54. The molecule has 1 N–H and O–H groups in total. The van der Waals surface area contributed by atoms with Gasteiger partial charge in [0.1, 0.15) is 17.5 Å². The number of hydrogen-bond acceptors (Lipinski definition) is 6. The maximum atomic E-state index is 13.6. The van der Waals surface area contributed by atoms with Crippen LogP contribution < -0.4 is 0 Å². The SMILES string of the molecule is CC[C@H]1CN2CC[C@H]1C[C@H]2[C@H](OC(=O)OC12CC3CC(CC(C3)C1)C2)c1ccnc2ccc(O)cc12. The number of piperidine rings is 3. The van der Waals surface area contributed by atoms with Crippen LogP contribution in [0.4, 0.5) is 4.79 Å². The summed E-state index contributed by atoms with van der Waals surface area (Å²) in [6, 6.07) is 7.33. The van der Waals surface area contributed by atoms with E-state index in [0.29, 0.717) is 29.6 Å². The number of pyridine rings is 1. The Labute approximate surface area is 213 Å². The van der Waals surface area contributed by atoms with Gasteiger partial charge < -0.3 is 14.6 Å². The molecule has 3 saturated heterocycles. The molecule has 192 valence electrons. The molecule has 1 unspecified atom stereocenters. The Hall–Kier alpha value is -2.34. The molecule has 4 saturated carbocycles. The van der Waals surface area contributed by atoms with Gasteiger partial charge in [-0.1, -0.05) is 13.3 Å². The van der Waals surface area contributed by atoms with E-state index in [1.165, 1.54) is 32.1 Å². The Morgan fingerprint density at radius 3 is 2.56 bits per heavy atom. The fraction of sp³-hybridized carbons (Fsp3) is 0.667. The zero-order valence-corrected chi connectivity index (χ0v) is 21.3. The molecule has 3 aliphatic heterocycles. The smallest absolute Gasteiger partial charge is 0.508 e. The molecule has 0 spiro atoms. The fourth-order valence-corrected chi connectivity index (χ4v) is 9.17. The minimum absolute atomic E-state index is 0.114. The molecule has 9 rings (SSSR count). The van der Waals surface area contributed by atoms with Gasteiger partial charge in [0.05, 0.1) is 11.6 Å². The summed E-state index contributed by atoms with van der Waals surface area (Å²) in [5.74, 6) is 3.70. The van der Waals surface area contributed by atoms with Gasteiger partial charge in [-0.2, -0.15) is 0 Å².